The van der Waals surface area contributed by atoms with Crippen molar-refractivity contribution in [1.29, 1.82) is 5.41 Å². The van der Waals surface area contributed by atoms with Crippen molar-refractivity contribution < 1.29 is 23.1 Å². The molecule has 0 amide bonds. The standard InChI is InChI=1S/C9H9F3N2O2/c10-9(11,12)16-7-3-1-6(2-4-7)5-8(13)14-15/h1-4,15H,5H2,(H2,13,14). The maximum absolute atomic E-state index is 11.8. The summed E-state index contributed by atoms with van der Waals surface area (Å²) in [5.74, 6) is -0.468. The van der Waals surface area contributed by atoms with E-state index < -0.39 is 6.36 Å². The normalized spacial score (nSPS) is 11.0. The van der Waals surface area contributed by atoms with E-state index in [1.165, 1.54) is 12.1 Å². The molecule has 0 heterocycles. The van der Waals surface area contributed by atoms with Crippen molar-refractivity contribution in [2.24, 2.45) is 0 Å². The molecule has 88 valence electrons. The van der Waals surface area contributed by atoms with Crippen molar-refractivity contribution in [3.63, 3.8) is 0 Å². The van der Waals surface area contributed by atoms with E-state index in [4.69, 9.17) is 10.6 Å². The molecular formula is C9H9F3N2O2. The summed E-state index contributed by atoms with van der Waals surface area (Å²) in [6, 6.07) is 5.06. The molecule has 0 spiro atoms. The zero-order chi connectivity index (χ0) is 12.2. The summed E-state index contributed by atoms with van der Waals surface area (Å²) in [6.45, 7) is 0. The second-order valence-corrected chi connectivity index (χ2v) is 2.96. The Bertz CT molecular complexity index is 362. The lowest BCUT2D eigenvalue weighted by Crippen LogP contribution is -2.20. The van der Waals surface area contributed by atoms with Crippen LogP contribution in [0.3, 0.4) is 0 Å². The zero-order valence-corrected chi connectivity index (χ0v) is 8.01. The Balaban J connectivity index is 2.64. The minimum absolute atomic E-state index is 0.1000. The van der Waals surface area contributed by atoms with Gasteiger partial charge in [0.2, 0.25) is 0 Å². The van der Waals surface area contributed by atoms with E-state index in [0.29, 0.717) is 5.56 Å². The molecule has 1 rings (SSSR count). The lowest BCUT2D eigenvalue weighted by atomic mass is 10.1. The van der Waals surface area contributed by atoms with Crippen LogP contribution >= 0.6 is 0 Å². The predicted molar refractivity (Wildman–Crippen MR) is 49.5 cm³/mol. The quantitative estimate of drug-likeness (QED) is 0.426. The highest BCUT2D eigenvalue weighted by molar-refractivity contribution is 5.80. The molecule has 0 aromatic heterocycles. The minimum Gasteiger partial charge on any atom is -0.406 e. The number of hydrogen-bond donors (Lipinski definition) is 3. The Hall–Kier alpha value is -1.76. The molecular weight excluding hydrogens is 225 g/mol. The molecule has 1 aromatic carbocycles. The molecule has 0 fully saturated rings. The van der Waals surface area contributed by atoms with Crippen LogP contribution in [-0.2, 0) is 6.42 Å². The van der Waals surface area contributed by atoms with Gasteiger partial charge in [-0.1, -0.05) is 12.1 Å². The molecule has 0 aliphatic carbocycles. The van der Waals surface area contributed by atoms with Crippen molar-refractivity contribution in [2.45, 2.75) is 12.8 Å². The Morgan fingerprint density at radius 2 is 1.88 bits per heavy atom. The Morgan fingerprint density at radius 1 is 1.31 bits per heavy atom. The van der Waals surface area contributed by atoms with Crippen LogP contribution in [-0.4, -0.2) is 17.4 Å². The van der Waals surface area contributed by atoms with Crippen molar-refractivity contribution in [3.05, 3.63) is 29.8 Å². The highest BCUT2D eigenvalue weighted by Gasteiger charge is 2.30. The minimum atomic E-state index is -4.71. The van der Waals surface area contributed by atoms with Gasteiger partial charge in [0.25, 0.3) is 0 Å². The number of nitrogens with one attached hydrogen (secondary N) is 2. The third kappa shape index (κ3) is 4.18. The van der Waals surface area contributed by atoms with Crippen molar-refractivity contribution in [3.8, 4) is 5.75 Å². The third-order valence-electron chi connectivity index (χ3n) is 1.67. The van der Waals surface area contributed by atoms with Gasteiger partial charge in [-0.25, -0.2) is 0 Å². The lowest BCUT2D eigenvalue weighted by molar-refractivity contribution is -0.274. The van der Waals surface area contributed by atoms with Crippen molar-refractivity contribution >= 4 is 5.84 Å². The van der Waals surface area contributed by atoms with Crippen LogP contribution < -0.4 is 10.2 Å². The fourth-order valence-corrected chi connectivity index (χ4v) is 1.05. The number of benzene rings is 1. The average Bonchev–Trinajstić information content (AvgIpc) is 2.18. The smallest absolute Gasteiger partial charge is 0.406 e. The molecule has 0 saturated heterocycles. The van der Waals surface area contributed by atoms with E-state index in [1.54, 1.807) is 5.48 Å². The van der Waals surface area contributed by atoms with Gasteiger partial charge in [-0.3, -0.25) is 16.1 Å². The van der Waals surface area contributed by atoms with Crippen molar-refractivity contribution in [1.82, 2.24) is 5.48 Å². The van der Waals surface area contributed by atoms with Crippen LogP contribution in [0.4, 0.5) is 13.2 Å². The maximum Gasteiger partial charge on any atom is 0.573 e. The van der Waals surface area contributed by atoms with Gasteiger partial charge in [0.05, 0.1) is 0 Å². The largest absolute Gasteiger partial charge is 0.573 e. The van der Waals surface area contributed by atoms with Gasteiger partial charge < -0.3 is 4.74 Å². The first-order valence-electron chi connectivity index (χ1n) is 4.23. The number of rotatable bonds is 3. The fourth-order valence-electron chi connectivity index (χ4n) is 1.05. The maximum atomic E-state index is 11.8. The predicted octanol–water partition coefficient (Wildman–Crippen LogP) is 2.08. The van der Waals surface area contributed by atoms with Gasteiger partial charge in [0, 0.05) is 6.42 Å². The van der Waals surface area contributed by atoms with Crippen LogP contribution in [0.2, 0.25) is 0 Å². The van der Waals surface area contributed by atoms with E-state index in [2.05, 4.69) is 4.74 Å². The number of ether oxygens (including phenoxy) is 1. The second-order valence-electron chi connectivity index (χ2n) is 2.96. The molecule has 16 heavy (non-hydrogen) atoms. The summed E-state index contributed by atoms with van der Waals surface area (Å²) in [5.41, 5.74) is 2.22. The first kappa shape index (κ1) is 12.3. The molecule has 0 unspecified atom stereocenters. The highest BCUT2D eigenvalue weighted by Crippen LogP contribution is 2.22. The van der Waals surface area contributed by atoms with E-state index in [9.17, 15) is 13.2 Å². The fraction of sp³-hybridized carbons (Fsp3) is 0.222. The van der Waals surface area contributed by atoms with E-state index >= 15 is 0 Å². The summed E-state index contributed by atoms with van der Waals surface area (Å²) in [5, 5.41) is 15.5. The number of amidine groups is 1. The number of halogens is 3. The average molecular weight is 234 g/mol. The van der Waals surface area contributed by atoms with Gasteiger partial charge in [-0.15, -0.1) is 13.2 Å². The van der Waals surface area contributed by atoms with Gasteiger partial charge in [-0.2, -0.15) is 0 Å². The van der Waals surface area contributed by atoms with Crippen molar-refractivity contribution in [2.75, 3.05) is 0 Å². The molecule has 3 N–H and O–H groups in total. The molecule has 1 aromatic rings. The van der Waals surface area contributed by atoms with Crippen LogP contribution in [0.25, 0.3) is 0 Å². The SMILES string of the molecule is N=C(Cc1ccc(OC(F)(F)F)cc1)NO. The van der Waals surface area contributed by atoms with E-state index in [1.807, 2.05) is 0 Å². The molecule has 0 aliphatic rings. The summed E-state index contributed by atoms with van der Waals surface area (Å²) >= 11 is 0. The number of alkyl halides is 3. The lowest BCUT2D eigenvalue weighted by Gasteiger charge is -2.09. The van der Waals surface area contributed by atoms with Gasteiger partial charge in [-0.05, 0) is 17.7 Å². The topological polar surface area (TPSA) is 65.3 Å². The van der Waals surface area contributed by atoms with Crippen LogP contribution in [0, 0.1) is 5.41 Å². The molecule has 0 atom stereocenters. The zero-order valence-electron chi connectivity index (χ0n) is 8.01. The third-order valence-corrected chi connectivity index (χ3v) is 1.67. The summed E-state index contributed by atoms with van der Waals surface area (Å²) in [6.07, 6.45) is -4.61. The van der Waals surface area contributed by atoms with Gasteiger partial charge in [0.15, 0.2) is 0 Å². The summed E-state index contributed by atoms with van der Waals surface area (Å²) < 4.78 is 39.1. The molecule has 0 saturated carbocycles. The van der Waals surface area contributed by atoms with E-state index in [0.717, 1.165) is 12.1 Å². The molecule has 0 aliphatic heterocycles. The second kappa shape index (κ2) is 4.84. The summed E-state index contributed by atoms with van der Waals surface area (Å²) in [7, 11) is 0. The first-order valence-corrected chi connectivity index (χ1v) is 4.23. The molecule has 0 bridgehead atoms. The Kier molecular flexibility index (Phi) is 3.73. The summed E-state index contributed by atoms with van der Waals surface area (Å²) in [4.78, 5) is 0. The molecule has 4 nitrogen and oxygen atoms in total. The van der Waals surface area contributed by atoms with E-state index in [-0.39, 0.29) is 18.0 Å². The molecule has 0 radical (unpaired) electrons. The first-order chi connectivity index (χ1) is 7.40. The van der Waals surface area contributed by atoms with Crippen LogP contribution in [0.1, 0.15) is 5.56 Å². The highest BCUT2D eigenvalue weighted by atomic mass is 19.4. The van der Waals surface area contributed by atoms with Crippen LogP contribution in [0.5, 0.6) is 5.75 Å². The Morgan fingerprint density at radius 3 is 2.31 bits per heavy atom. The van der Waals surface area contributed by atoms with Gasteiger partial charge >= 0.3 is 6.36 Å². The molecule has 7 heteroatoms. The van der Waals surface area contributed by atoms with Gasteiger partial charge in [0.1, 0.15) is 11.6 Å². The van der Waals surface area contributed by atoms with Crippen LogP contribution in [0.15, 0.2) is 24.3 Å². The Labute approximate surface area is 89.1 Å². The number of hydroxylamine groups is 1. The monoisotopic (exact) mass is 234 g/mol. The number of hydrogen-bond acceptors (Lipinski definition) is 3.